The Morgan fingerprint density at radius 1 is 1.35 bits per heavy atom. The number of hydrogen-bond acceptors (Lipinski definition) is 4. The number of anilines is 1. The Labute approximate surface area is 102 Å². The summed E-state index contributed by atoms with van der Waals surface area (Å²) in [6, 6.07) is 5.15. The maximum Gasteiger partial charge on any atom is 0.343 e. The van der Waals surface area contributed by atoms with Gasteiger partial charge < -0.3 is 15.2 Å². The fraction of sp³-hybridized carbons (Fsp3) is 0.462. The lowest BCUT2D eigenvalue weighted by Gasteiger charge is -2.11. The molecule has 0 unspecified atom stereocenters. The number of hydrogen-bond donors (Lipinski definition) is 1. The van der Waals surface area contributed by atoms with Crippen molar-refractivity contribution in [1.82, 2.24) is 0 Å². The lowest BCUT2D eigenvalue weighted by atomic mass is 10.1. The number of carbonyl (C=O) groups is 1. The second-order valence-corrected chi connectivity index (χ2v) is 3.77. The number of rotatable bonds is 6. The van der Waals surface area contributed by atoms with Crippen molar-refractivity contribution in [2.45, 2.75) is 26.2 Å². The lowest BCUT2D eigenvalue weighted by molar-refractivity contribution is 0.0597. The fourth-order valence-electron chi connectivity index (χ4n) is 1.52. The zero-order chi connectivity index (χ0) is 12.7. The number of unbranched alkanes of at least 4 members (excludes halogenated alkanes) is 2. The molecular formula is C13H19NO3. The number of benzene rings is 1. The van der Waals surface area contributed by atoms with E-state index in [1.54, 1.807) is 18.2 Å². The van der Waals surface area contributed by atoms with Crippen molar-refractivity contribution in [2.75, 3.05) is 19.5 Å². The van der Waals surface area contributed by atoms with Crippen molar-refractivity contribution in [2.24, 2.45) is 0 Å². The average molecular weight is 237 g/mol. The summed E-state index contributed by atoms with van der Waals surface area (Å²) in [4.78, 5) is 11.6. The first-order chi connectivity index (χ1) is 8.20. The summed E-state index contributed by atoms with van der Waals surface area (Å²) in [5.74, 6) is 0.0292. The van der Waals surface area contributed by atoms with Gasteiger partial charge >= 0.3 is 5.97 Å². The van der Waals surface area contributed by atoms with Gasteiger partial charge in [0.1, 0.15) is 11.3 Å². The normalized spacial score (nSPS) is 10.0. The molecule has 0 fully saturated rings. The molecule has 0 aliphatic heterocycles. The maximum atomic E-state index is 11.6. The number of esters is 1. The number of carbonyl (C=O) groups excluding carboxylic acids is 1. The van der Waals surface area contributed by atoms with E-state index < -0.39 is 5.97 Å². The van der Waals surface area contributed by atoms with Crippen LogP contribution in [0.5, 0.6) is 5.75 Å². The minimum Gasteiger partial charge on any atom is -0.493 e. The average Bonchev–Trinajstić information content (AvgIpc) is 2.34. The first kappa shape index (κ1) is 13.4. The number of ether oxygens (including phenoxy) is 2. The number of methoxy groups -OCH3 is 1. The molecule has 0 amide bonds. The van der Waals surface area contributed by atoms with Crippen molar-refractivity contribution >= 4 is 11.7 Å². The van der Waals surface area contributed by atoms with Crippen LogP contribution >= 0.6 is 0 Å². The molecule has 0 bridgehead atoms. The summed E-state index contributed by atoms with van der Waals surface area (Å²) in [6.45, 7) is 2.71. The quantitative estimate of drug-likeness (QED) is 0.469. The molecule has 4 nitrogen and oxygen atoms in total. The van der Waals surface area contributed by atoms with Crippen LogP contribution in [0.4, 0.5) is 5.69 Å². The van der Waals surface area contributed by atoms with Gasteiger partial charge in [-0.3, -0.25) is 0 Å². The van der Waals surface area contributed by atoms with Gasteiger partial charge in [0.15, 0.2) is 0 Å². The van der Waals surface area contributed by atoms with Crippen molar-refractivity contribution < 1.29 is 14.3 Å². The van der Waals surface area contributed by atoms with Gasteiger partial charge in [-0.05, 0) is 18.6 Å². The van der Waals surface area contributed by atoms with E-state index in [-0.39, 0.29) is 0 Å². The van der Waals surface area contributed by atoms with Crippen molar-refractivity contribution in [3.8, 4) is 5.75 Å². The van der Waals surface area contributed by atoms with Gasteiger partial charge in [-0.2, -0.15) is 0 Å². The molecule has 0 radical (unpaired) electrons. The summed E-state index contributed by atoms with van der Waals surface area (Å²) < 4.78 is 10.2. The Hall–Kier alpha value is -1.71. The van der Waals surface area contributed by atoms with E-state index in [1.807, 2.05) is 0 Å². The molecule has 1 rings (SSSR count). The van der Waals surface area contributed by atoms with Crippen LogP contribution in [0.15, 0.2) is 18.2 Å². The molecule has 1 aromatic rings. The third-order valence-electron chi connectivity index (χ3n) is 2.45. The molecule has 2 N–H and O–H groups in total. The summed E-state index contributed by atoms with van der Waals surface area (Å²) in [5, 5.41) is 0. The van der Waals surface area contributed by atoms with E-state index in [1.165, 1.54) is 7.11 Å². The minimum atomic E-state index is -0.464. The zero-order valence-electron chi connectivity index (χ0n) is 10.4. The molecule has 0 saturated carbocycles. The second kappa shape index (κ2) is 6.78. The lowest BCUT2D eigenvalue weighted by Crippen LogP contribution is -2.09. The molecule has 0 spiro atoms. The van der Waals surface area contributed by atoms with Gasteiger partial charge in [0.05, 0.1) is 13.7 Å². The third-order valence-corrected chi connectivity index (χ3v) is 2.45. The second-order valence-electron chi connectivity index (χ2n) is 3.77. The van der Waals surface area contributed by atoms with Crippen molar-refractivity contribution in [3.05, 3.63) is 23.8 Å². The smallest absolute Gasteiger partial charge is 0.343 e. The standard InChI is InChI=1S/C13H19NO3/c1-3-4-5-9-17-11-8-6-7-10(14)12(11)13(15)16-2/h6-8H,3-5,9,14H2,1-2H3. The molecule has 4 heteroatoms. The minimum absolute atomic E-state index is 0.312. The summed E-state index contributed by atoms with van der Waals surface area (Å²) >= 11 is 0. The molecular weight excluding hydrogens is 218 g/mol. The van der Waals surface area contributed by atoms with Crippen LogP contribution in [0.25, 0.3) is 0 Å². The highest BCUT2D eigenvalue weighted by Gasteiger charge is 2.16. The summed E-state index contributed by atoms with van der Waals surface area (Å²) in [7, 11) is 1.33. The molecule has 0 atom stereocenters. The first-order valence-electron chi connectivity index (χ1n) is 5.80. The van der Waals surface area contributed by atoms with E-state index in [4.69, 9.17) is 10.5 Å². The first-order valence-corrected chi connectivity index (χ1v) is 5.80. The Morgan fingerprint density at radius 3 is 2.76 bits per heavy atom. The largest absolute Gasteiger partial charge is 0.493 e. The highest BCUT2D eigenvalue weighted by atomic mass is 16.5. The molecule has 17 heavy (non-hydrogen) atoms. The predicted molar refractivity (Wildman–Crippen MR) is 67.2 cm³/mol. The van der Waals surface area contributed by atoms with Crippen LogP contribution < -0.4 is 10.5 Å². The SMILES string of the molecule is CCCCCOc1cccc(N)c1C(=O)OC. The Balaban J connectivity index is 2.76. The Bertz CT molecular complexity index is 377. The van der Waals surface area contributed by atoms with Crippen LogP contribution in [0.3, 0.4) is 0 Å². The molecule has 1 aromatic carbocycles. The van der Waals surface area contributed by atoms with Crippen LogP contribution in [0.1, 0.15) is 36.5 Å². The number of nitrogen functional groups attached to an aromatic ring is 1. The van der Waals surface area contributed by atoms with E-state index in [0.29, 0.717) is 23.6 Å². The Morgan fingerprint density at radius 2 is 2.12 bits per heavy atom. The molecule has 0 saturated heterocycles. The van der Waals surface area contributed by atoms with Gasteiger partial charge in [0.2, 0.25) is 0 Å². The van der Waals surface area contributed by atoms with Gasteiger partial charge in [-0.25, -0.2) is 4.79 Å². The summed E-state index contributed by atoms with van der Waals surface area (Å²) in [5.41, 5.74) is 6.44. The maximum absolute atomic E-state index is 11.6. The summed E-state index contributed by atoms with van der Waals surface area (Å²) in [6.07, 6.45) is 3.20. The molecule has 94 valence electrons. The van der Waals surface area contributed by atoms with Crippen LogP contribution in [0.2, 0.25) is 0 Å². The number of nitrogens with two attached hydrogens (primary N) is 1. The van der Waals surface area contributed by atoms with E-state index in [9.17, 15) is 4.79 Å². The van der Waals surface area contributed by atoms with Gasteiger partial charge in [-0.15, -0.1) is 0 Å². The van der Waals surface area contributed by atoms with E-state index in [0.717, 1.165) is 19.3 Å². The Kier molecular flexibility index (Phi) is 5.33. The fourth-order valence-corrected chi connectivity index (χ4v) is 1.52. The highest BCUT2D eigenvalue weighted by Crippen LogP contribution is 2.25. The third kappa shape index (κ3) is 3.66. The highest BCUT2D eigenvalue weighted by molar-refractivity contribution is 5.98. The molecule has 0 heterocycles. The van der Waals surface area contributed by atoms with Crippen LogP contribution in [-0.4, -0.2) is 19.7 Å². The molecule has 0 aliphatic carbocycles. The predicted octanol–water partition coefficient (Wildman–Crippen LogP) is 2.62. The van der Waals surface area contributed by atoms with Crippen LogP contribution in [-0.2, 0) is 4.74 Å². The van der Waals surface area contributed by atoms with E-state index in [2.05, 4.69) is 11.7 Å². The monoisotopic (exact) mass is 237 g/mol. The topological polar surface area (TPSA) is 61.5 Å². The van der Waals surface area contributed by atoms with Crippen molar-refractivity contribution in [3.63, 3.8) is 0 Å². The van der Waals surface area contributed by atoms with Gasteiger partial charge in [0.25, 0.3) is 0 Å². The van der Waals surface area contributed by atoms with E-state index >= 15 is 0 Å². The van der Waals surface area contributed by atoms with Crippen molar-refractivity contribution in [1.29, 1.82) is 0 Å². The van der Waals surface area contributed by atoms with Gasteiger partial charge in [-0.1, -0.05) is 25.8 Å². The molecule has 0 aromatic heterocycles. The van der Waals surface area contributed by atoms with Crippen LogP contribution in [0, 0.1) is 0 Å². The zero-order valence-corrected chi connectivity index (χ0v) is 10.4. The molecule has 0 aliphatic rings. The van der Waals surface area contributed by atoms with Gasteiger partial charge in [0, 0.05) is 5.69 Å².